The molecule has 0 atom stereocenters. The number of carbonyl (C=O) groups excluding carboxylic acids is 2. The van der Waals surface area contributed by atoms with Crippen molar-refractivity contribution in [2.24, 2.45) is 5.92 Å². The molecule has 1 fully saturated rings. The van der Waals surface area contributed by atoms with Gasteiger partial charge in [-0.2, -0.15) is 0 Å². The Balaban J connectivity index is 2.42. The molecule has 0 aromatic heterocycles. The summed E-state index contributed by atoms with van der Waals surface area (Å²) >= 11 is 0. The molecule has 7 heteroatoms. The molecule has 0 aliphatic heterocycles. The first-order valence-corrected chi connectivity index (χ1v) is 6.42. The summed E-state index contributed by atoms with van der Waals surface area (Å²) in [6.07, 6.45) is 2.06. The molecule has 0 aromatic rings. The van der Waals surface area contributed by atoms with E-state index in [2.05, 4.69) is 5.32 Å². The number of hydrogen-bond acceptors (Lipinski definition) is 3. The van der Waals surface area contributed by atoms with E-state index in [1.54, 1.807) is 7.05 Å². The molecule has 0 heterocycles. The lowest BCUT2D eigenvalue weighted by molar-refractivity contribution is -0.137. The standard InChI is InChI=1S/C12H21N3O4/c1-3-14(2)10(16)6-13-12(19)15(8-11(17)18)7-9-4-5-9/h9H,3-8H2,1-2H3,(H,13,19)(H,17,18). The van der Waals surface area contributed by atoms with Crippen molar-refractivity contribution in [3.05, 3.63) is 0 Å². The molecule has 0 radical (unpaired) electrons. The average Bonchev–Trinajstić information content (AvgIpc) is 3.17. The molecule has 0 spiro atoms. The Hall–Kier alpha value is -1.79. The fourth-order valence-corrected chi connectivity index (χ4v) is 1.57. The van der Waals surface area contributed by atoms with Crippen molar-refractivity contribution in [1.29, 1.82) is 0 Å². The maximum Gasteiger partial charge on any atom is 0.323 e. The molecular weight excluding hydrogens is 250 g/mol. The van der Waals surface area contributed by atoms with Gasteiger partial charge in [0.05, 0.1) is 6.54 Å². The zero-order valence-electron chi connectivity index (χ0n) is 11.4. The summed E-state index contributed by atoms with van der Waals surface area (Å²) in [6, 6.07) is -0.493. The van der Waals surface area contributed by atoms with Gasteiger partial charge in [-0.05, 0) is 25.7 Å². The van der Waals surface area contributed by atoms with Crippen LogP contribution in [0.15, 0.2) is 0 Å². The summed E-state index contributed by atoms with van der Waals surface area (Å²) in [4.78, 5) is 36.8. The zero-order chi connectivity index (χ0) is 14.4. The van der Waals surface area contributed by atoms with E-state index in [0.717, 1.165) is 12.8 Å². The Morgan fingerprint density at radius 3 is 2.42 bits per heavy atom. The predicted octanol–water partition coefficient (Wildman–Crippen LogP) is -0.0291. The molecule has 0 saturated heterocycles. The van der Waals surface area contributed by atoms with E-state index in [1.807, 2.05) is 6.92 Å². The second kappa shape index (κ2) is 6.96. The first-order valence-electron chi connectivity index (χ1n) is 6.42. The molecule has 0 unspecified atom stereocenters. The van der Waals surface area contributed by atoms with Gasteiger partial charge in [-0.3, -0.25) is 9.59 Å². The van der Waals surface area contributed by atoms with Gasteiger partial charge in [-0.15, -0.1) is 0 Å². The molecule has 7 nitrogen and oxygen atoms in total. The molecule has 2 N–H and O–H groups in total. The second-order valence-electron chi connectivity index (χ2n) is 4.78. The highest BCUT2D eigenvalue weighted by Gasteiger charge is 2.28. The number of carbonyl (C=O) groups is 3. The molecular formula is C12H21N3O4. The van der Waals surface area contributed by atoms with Crippen molar-refractivity contribution in [2.45, 2.75) is 19.8 Å². The van der Waals surface area contributed by atoms with E-state index in [4.69, 9.17) is 5.11 Å². The number of nitrogens with zero attached hydrogens (tertiary/aromatic N) is 2. The van der Waals surface area contributed by atoms with Gasteiger partial charge in [0.25, 0.3) is 0 Å². The normalized spacial score (nSPS) is 13.8. The van der Waals surface area contributed by atoms with E-state index in [0.29, 0.717) is 19.0 Å². The molecule has 1 rings (SSSR count). The van der Waals surface area contributed by atoms with Gasteiger partial charge in [-0.25, -0.2) is 4.79 Å². The Bertz CT molecular complexity index is 355. The first kappa shape index (κ1) is 15.3. The molecule has 19 heavy (non-hydrogen) atoms. The average molecular weight is 271 g/mol. The lowest BCUT2D eigenvalue weighted by Gasteiger charge is -2.22. The smallest absolute Gasteiger partial charge is 0.323 e. The highest BCUT2D eigenvalue weighted by molar-refractivity contribution is 5.85. The Morgan fingerprint density at radius 1 is 1.32 bits per heavy atom. The van der Waals surface area contributed by atoms with Crippen LogP contribution < -0.4 is 5.32 Å². The van der Waals surface area contributed by atoms with E-state index >= 15 is 0 Å². The Labute approximate surface area is 112 Å². The summed E-state index contributed by atoms with van der Waals surface area (Å²) in [6.45, 7) is 2.40. The lowest BCUT2D eigenvalue weighted by Crippen LogP contribution is -2.47. The van der Waals surface area contributed by atoms with Gasteiger partial charge >= 0.3 is 12.0 Å². The third-order valence-electron chi connectivity index (χ3n) is 3.08. The number of carboxylic acids is 1. The number of hydrogen-bond donors (Lipinski definition) is 2. The van der Waals surface area contributed by atoms with Crippen LogP contribution in [0.5, 0.6) is 0 Å². The first-order chi connectivity index (χ1) is 8.93. The van der Waals surface area contributed by atoms with Crippen molar-refractivity contribution in [3.8, 4) is 0 Å². The second-order valence-corrected chi connectivity index (χ2v) is 4.78. The van der Waals surface area contributed by atoms with Gasteiger partial charge in [0.2, 0.25) is 5.91 Å². The number of urea groups is 1. The maximum atomic E-state index is 11.8. The van der Waals surface area contributed by atoms with Crippen molar-refractivity contribution in [2.75, 3.05) is 33.2 Å². The van der Waals surface area contributed by atoms with Crippen molar-refractivity contribution in [1.82, 2.24) is 15.1 Å². The number of rotatable bonds is 7. The molecule has 0 aromatic carbocycles. The number of nitrogens with one attached hydrogen (secondary N) is 1. The SMILES string of the molecule is CCN(C)C(=O)CNC(=O)N(CC(=O)O)CC1CC1. The van der Waals surface area contributed by atoms with Crippen LogP contribution in [0.2, 0.25) is 0 Å². The third-order valence-corrected chi connectivity index (χ3v) is 3.08. The minimum atomic E-state index is -1.05. The molecule has 3 amide bonds. The van der Waals surface area contributed by atoms with E-state index in [9.17, 15) is 14.4 Å². The van der Waals surface area contributed by atoms with Crippen LogP contribution in [-0.2, 0) is 9.59 Å². The molecule has 1 aliphatic rings. The van der Waals surface area contributed by atoms with Gasteiger partial charge in [0, 0.05) is 20.1 Å². The summed E-state index contributed by atoms with van der Waals surface area (Å²) in [5.41, 5.74) is 0. The van der Waals surface area contributed by atoms with Gasteiger partial charge in [0.1, 0.15) is 6.54 Å². The quantitative estimate of drug-likeness (QED) is 0.680. The van der Waals surface area contributed by atoms with Crippen LogP contribution >= 0.6 is 0 Å². The summed E-state index contributed by atoms with van der Waals surface area (Å²) in [5, 5.41) is 11.2. The number of aliphatic carboxylic acids is 1. The molecule has 108 valence electrons. The molecule has 0 bridgehead atoms. The zero-order valence-corrected chi connectivity index (χ0v) is 11.4. The fourth-order valence-electron chi connectivity index (χ4n) is 1.57. The number of amides is 3. The highest BCUT2D eigenvalue weighted by atomic mass is 16.4. The summed E-state index contributed by atoms with van der Waals surface area (Å²) in [7, 11) is 1.65. The number of carboxylic acid groups (broad SMARTS) is 1. The van der Waals surface area contributed by atoms with E-state index in [-0.39, 0.29) is 19.0 Å². The van der Waals surface area contributed by atoms with Gasteiger partial charge in [-0.1, -0.05) is 0 Å². The lowest BCUT2D eigenvalue weighted by atomic mass is 10.3. The minimum Gasteiger partial charge on any atom is -0.480 e. The Kier molecular flexibility index (Phi) is 5.59. The molecule has 1 aliphatic carbocycles. The van der Waals surface area contributed by atoms with Crippen LogP contribution in [0.4, 0.5) is 4.79 Å². The van der Waals surface area contributed by atoms with Crippen molar-refractivity contribution >= 4 is 17.9 Å². The van der Waals surface area contributed by atoms with Crippen molar-refractivity contribution < 1.29 is 19.5 Å². The van der Waals surface area contributed by atoms with Crippen molar-refractivity contribution in [3.63, 3.8) is 0 Å². The third kappa shape index (κ3) is 5.58. The molecule has 1 saturated carbocycles. The predicted molar refractivity (Wildman–Crippen MR) is 68.6 cm³/mol. The van der Waals surface area contributed by atoms with Crippen LogP contribution in [0, 0.1) is 5.92 Å². The summed E-state index contributed by atoms with van der Waals surface area (Å²) in [5.74, 6) is -0.843. The van der Waals surface area contributed by atoms with Crippen LogP contribution in [0.3, 0.4) is 0 Å². The van der Waals surface area contributed by atoms with Gasteiger partial charge in [0.15, 0.2) is 0 Å². The number of likely N-dealkylation sites (N-methyl/N-ethyl adjacent to an activating group) is 1. The Morgan fingerprint density at radius 2 is 1.95 bits per heavy atom. The summed E-state index contributed by atoms with van der Waals surface area (Å²) < 4.78 is 0. The highest BCUT2D eigenvalue weighted by Crippen LogP contribution is 2.29. The van der Waals surface area contributed by atoms with Crippen LogP contribution in [0.25, 0.3) is 0 Å². The van der Waals surface area contributed by atoms with Crippen LogP contribution in [0.1, 0.15) is 19.8 Å². The minimum absolute atomic E-state index is 0.107. The monoisotopic (exact) mass is 271 g/mol. The van der Waals surface area contributed by atoms with E-state index < -0.39 is 12.0 Å². The largest absolute Gasteiger partial charge is 0.480 e. The van der Waals surface area contributed by atoms with Crippen LogP contribution in [-0.4, -0.2) is 66.0 Å². The topological polar surface area (TPSA) is 90.0 Å². The van der Waals surface area contributed by atoms with E-state index in [1.165, 1.54) is 9.80 Å². The van der Waals surface area contributed by atoms with Gasteiger partial charge < -0.3 is 20.2 Å². The maximum absolute atomic E-state index is 11.8. The fraction of sp³-hybridized carbons (Fsp3) is 0.750.